The van der Waals surface area contributed by atoms with E-state index in [0.717, 1.165) is 83.5 Å². The molecule has 0 aliphatic heterocycles. The van der Waals surface area contributed by atoms with Gasteiger partial charge in [-0.15, -0.1) is 0 Å². The summed E-state index contributed by atoms with van der Waals surface area (Å²) in [6.07, 6.45) is 73.6. The Kier molecular flexibility index (Phi) is 49.9. The number of carbonyl (C=O) groups excluding carboxylic acids is 3. The second-order valence-corrected chi connectivity index (χ2v) is 18.0. The van der Waals surface area contributed by atoms with E-state index in [9.17, 15) is 28.9 Å². The standard InChI is InChI=1S/C62H91O11P/c1-4-7-10-13-16-19-22-25-28-29-32-33-36-39-42-45-48-51-60(64)69-55-59(73-62(66)53-50-47-44-41-38-35-31-27-24-21-18-15-12-9-6-3)57-71-74(67,68)70-56-58(54-63)72-61(65)52-49-46-43-40-37-34-30-26-23-20-17-14-11-8-5-2/h7-12,16-21,25-28,30-33,37-42,46-47,49-50,58-59,63H,4-6,13-15,22-24,29,34-36,43-45,48,51-57H2,1-3H3,(H,67,68)/b10-7-,11-8-,12-9-,19-16-,20-17-,21-18-,28-25-,30-26-,31-27-,33-32-,40-37-,41-38-,42-39-,49-46-,50-47-. The first-order valence-corrected chi connectivity index (χ1v) is 28.2. The van der Waals surface area contributed by atoms with Gasteiger partial charge in [-0.3, -0.25) is 23.4 Å². The summed E-state index contributed by atoms with van der Waals surface area (Å²) >= 11 is 0. The lowest BCUT2D eigenvalue weighted by molar-refractivity contribution is -0.160. The number of allylic oxidation sites excluding steroid dienone is 28. The predicted molar refractivity (Wildman–Crippen MR) is 306 cm³/mol. The van der Waals surface area contributed by atoms with Gasteiger partial charge in [0.15, 0.2) is 6.10 Å². The average molecular weight is 1040 g/mol. The molecule has 11 nitrogen and oxygen atoms in total. The lowest BCUT2D eigenvalue weighted by Crippen LogP contribution is -2.30. The first kappa shape index (κ1) is 68.6. The van der Waals surface area contributed by atoms with Gasteiger partial charge in [0.1, 0.15) is 12.7 Å². The maximum Gasteiger partial charge on any atom is 0.472 e. The zero-order valence-electron chi connectivity index (χ0n) is 45.0. The minimum Gasteiger partial charge on any atom is -0.462 e. The normalized spacial score (nSPS) is 14.8. The van der Waals surface area contributed by atoms with Crippen molar-refractivity contribution in [2.75, 3.05) is 26.4 Å². The second kappa shape index (κ2) is 53.9. The second-order valence-electron chi connectivity index (χ2n) is 16.6. The Morgan fingerprint density at radius 1 is 0.392 bits per heavy atom. The lowest BCUT2D eigenvalue weighted by Gasteiger charge is -2.21. The molecule has 0 aliphatic carbocycles. The van der Waals surface area contributed by atoms with E-state index in [2.05, 4.69) is 142 Å². The van der Waals surface area contributed by atoms with Crippen molar-refractivity contribution in [1.82, 2.24) is 0 Å². The van der Waals surface area contributed by atoms with Crippen LogP contribution in [0.15, 0.2) is 182 Å². The fourth-order valence-electron chi connectivity index (χ4n) is 5.95. The Bertz CT molecular complexity index is 1940. The van der Waals surface area contributed by atoms with E-state index in [0.29, 0.717) is 25.7 Å². The Balaban J connectivity index is 5.05. The fraction of sp³-hybridized carbons (Fsp3) is 0.468. The summed E-state index contributed by atoms with van der Waals surface area (Å²) in [6.45, 7) is 3.96. The van der Waals surface area contributed by atoms with Crippen LogP contribution in [-0.4, -0.2) is 66.5 Å². The SMILES string of the molecule is CC/C=C\C/C=C\C/C=C\C/C=C\C/C=C\CCCC(=O)OCC(COP(=O)(O)OCC(CO)OC(=O)C/C=C\C/C=C\C/C=C\C/C=C\C/C=C\CC)OC(=O)C/C=C\C/C=C\C/C=C\C/C=C\C/C=C\CC. The largest absolute Gasteiger partial charge is 0.472 e. The molecule has 0 saturated heterocycles. The van der Waals surface area contributed by atoms with Gasteiger partial charge in [0.2, 0.25) is 0 Å². The van der Waals surface area contributed by atoms with Gasteiger partial charge < -0.3 is 24.2 Å². The summed E-state index contributed by atoms with van der Waals surface area (Å²) in [5.41, 5.74) is 0. The molecule has 0 fully saturated rings. The number of ether oxygens (including phenoxy) is 3. The first-order chi connectivity index (χ1) is 36.2. The van der Waals surface area contributed by atoms with Gasteiger partial charge in [-0.25, -0.2) is 4.57 Å². The predicted octanol–water partition coefficient (Wildman–Crippen LogP) is 15.7. The van der Waals surface area contributed by atoms with E-state index in [1.165, 1.54) is 0 Å². The minimum atomic E-state index is -4.82. The summed E-state index contributed by atoms with van der Waals surface area (Å²) in [6, 6.07) is 0. The summed E-state index contributed by atoms with van der Waals surface area (Å²) in [5, 5.41) is 9.77. The van der Waals surface area contributed by atoms with E-state index in [4.69, 9.17) is 23.3 Å². The van der Waals surface area contributed by atoms with Crippen LogP contribution in [-0.2, 0) is 42.2 Å². The van der Waals surface area contributed by atoms with Crippen LogP contribution in [0.1, 0.15) is 149 Å². The monoisotopic (exact) mass is 1040 g/mol. The molecule has 410 valence electrons. The van der Waals surface area contributed by atoms with Crippen molar-refractivity contribution < 1.29 is 52.2 Å². The van der Waals surface area contributed by atoms with Gasteiger partial charge >= 0.3 is 25.7 Å². The maximum absolute atomic E-state index is 12.9. The number of aliphatic hydroxyl groups is 1. The zero-order valence-corrected chi connectivity index (χ0v) is 45.9. The molecule has 0 aromatic rings. The van der Waals surface area contributed by atoms with Gasteiger partial charge in [-0.05, 0) is 109 Å². The van der Waals surface area contributed by atoms with Crippen molar-refractivity contribution in [2.24, 2.45) is 0 Å². The molecule has 74 heavy (non-hydrogen) atoms. The zero-order chi connectivity index (χ0) is 54.1. The van der Waals surface area contributed by atoms with Crippen LogP contribution >= 0.6 is 7.82 Å². The van der Waals surface area contributed by atoms with E-state index < -0.39 is 64.4 Å². The van der Waals surface area contributed by atoms with E-state index in [1.54, 1.807) is 12.2 Å². The average Bonchev–Trinajstić information content (AvgIpc) is 3.39. The van der Waals surface area contributed by atoms with Crippen LogP contribution in [0.25, 0.3) is 0 Å². The van der Waals surface area contributed by atoms with Crippen LogP contribution in [0, 0.1) is 0 Å². The number of carbonyl (C=O) groups is 3. The molecule has 0 amide bonds. The van der Waals surface area contributed by atoms with Crippen molar-refractivity contribution in [2.45, 2.75) is 161 Å². The molecule has 0 aliphatic rings. The smallest absolute Gasteiger partial charge is 0.462 e. The molecule has 3 unspecified atom stereocenters. The van der Waals surface area contributed by atoms with Crippen molar-refractivity contribution in [3.8, 4) is 0 Å². The molecule has 3 atom stereocenters. The van der Waals surface area contributed by atoms with Crippen LogP contribution in [0.5, 0.6) is 0 Å². The highest BCUT2D eigenvalue weighted by Crippen LogP contribution is 2.43. The van der Waals surface area contributed by atoms with Crippen molar-refractivity contribution in [3.05, 3.63) is 182 Å². The number of esters is 3. The van der Waals surface area contributed by atoms with Crippen molar-refractivity contribution in [3.63, 3.8) is 0 Å². The first-order valence-electron chi connectivity index (χ1n) is 26.7. The number of unbranched alkanes of at least 4 members (excludes halogenated alkanes) is 1. The molecule has 0 aromatic heterocycles. The van der Waals surface area contributed by atoms with Gasteiger partial charge in [-0.2, -0.15) is 0 Å². The molecule has 0 saturated carbocycles. The van der Waals surface area contributed by atoms with Crippen molar-refractivity contribution in [1.29, 1.82) is 0 Å². The quantitative estimate of drug-likeness (QED) is 0.0197. The number of phosphoric acid groups is 1. The van der Waals surface area contributed by atoms with Crippen LogP contribution < -0.4 is 0 Å². The Labute approximate surface area is 446 Å². The number of phosphoric ester groups is 1. The van der Waals surface area contributed by atoms with Gasteiger partial charge in [0.25, 0.3) is 0 Å². The van der Waals surface area contributed by atoms with Crippen molar-refractivity contribution >= 4 is 25.7 Å². The third-order valence-electron chi connectivity index (χ3n) is 9.87. The molecule has 0 spiro atoms. The van der Waals surface area contributed by atoms with E-state index in [1.807, 2.05) is 48.6 Å². The van der Waals surface area contributed by atoms with Crippen LogP contribution in [0.3, 0.4) is 0 Å². The molecule has 0 heterocycles. The van der Waals surface area contributed by atoms with E-state index in [-0.39, 0.29) is 19.3 Å². The lowest BCUT2D eigenvalue weighted by atomic mass is 10.2. The topological polar surface area (TPSA) is 155 Å². The van der Waals surface area contributed by atoms with E-state index >= 15 is 0 Å². The molecule has 12 heteroatoms. The van der Waals surface area contributed by atoms with Gasteiger partial charge in [0, 0.05) is 6.42 Å². The molecular weight excluding hydrogens is 952 g/mol. The number of hydrogen-bond donors (Lipinski definition) is 2. The summed E-state index contributed by atoms with van der Waals surface area (Å²) in [4.78, 5) is 48.3. The fourth-order valence-corrected chi connectivity index (χ4v) is 6.74. The molecule has 2 N–H and O–H groups in total. The summed E-state index contributed by atoms with van der Waals surface area (Å²) < 4.78 is 39.1. The summed E-state index contributed by atoms with van der Waals surface area (Å²) in [7, 11) is -4.82. The molecule has 0 bridgehead atoms. The van der Waals surface area contributed by atoms with Crippen LogP contribution in [0.2, 0.25) is 0 Å². The molecule has 0 radical (unpaired) electrons. The maximum atomic E-state index is 12.9. The number of hydrogen-bond acceptors (Lipinski definition) is 10. The third kappa shape index (κ3) is 51.5. The Morgan fingerprint density at radius 3 is 1.00 bits per heavy atom. The molecule has 0 aromatic carbocycles. The highest BCUT2D eigenvalue weighted by Gasteiger charge is 2.28. The Hall–Kier alpha value is -5.42. The number of aliphatic hydroxyl groups excluding tert-OH is 1. The minimum absolute atomic E-state index is 0.0773. The highest BCUT2D eigenvalue weighted by molar-refractivity contribution is 7.47. The molecular formula is C62H91O11P. The molecule has 0 rings (SSSR count). The number of rotatable bonds is 46. The Morgan fingerprint density at radius 2 is 0.676 bits per heavy atom. The van der Waals surface area contributed by atoms with Gasteiger partial charge in [-0.1, -0.05) is 203 Å². The van der Waals surface area contributed by atoms with Gasteiger partial charge in [0.05, 0.1) is 32.7 Å². The summed E-state index contributed by atoms with van der Waals surface area (Å²) in [5.74, 6) is -1.86. The third-order valence-corrected chi connectivity index (χ3v) is 10.8. The highest BCUT2D eigenvalue weighted by atomic mass is 31.2. The van der Waals surface area contributed by atoms with Crippen LogP contribution in [0.4, 0.5) is 0 Å².